The Morgan fingerprint density at radius 2 is 2.31 bits per heavy atom. The van der Waals surface area contributed by atoms with Crippen LogP contribution in [0.3, 0.4) is 0 Å². The number of rotatable bonds is 6. The number of hydrogen-bond acceptors (Lipinski definition) is 3. The van der Waals surface area contributed by atoms with Crippen LogP contribution in [0.25, 0.3) is 0 Å². The minimum atomic E-state index is -0.198. The lowest BCUT2D eigenvalue weighted by atomic mass is 9.90. The Bertz CT molecular complexity index is 359. The third-order valence-electron chi connectivity index (χ3n) is 2.55. The van der Waals surface area contributed by atoms with Crippen LogP contribution < -0.4 is 5.32 Å². The molecule has 1 rings (SSSR count). The fourth-order valence-electron chi connectivity index (χ4n) is 1.51. The molecule has 0 aliphatic carbocycles. The summed E-state index contributed by atoms with van der Waals surface area (Å²) < 4.78 is 1.80. The van der Waals surface area contributed by atoms with E-state index in [9.17, 15) is 0 Å². The summed E-state index contributed by atoms with van der Waals surface area (Å²) in [7, 11) is 1.92. The highest BCUT2D eigenvalue weighted by Gasteiger charge is 2.15. The van der Waals surface area contributed by atoms with Crippen LogP contribution in [0.5, 0.6) is 0 Å². The molecule has 4 heteroatoms. The monoisotopic (exact) mass is 220 g/mol. The van der Waals surface area contributed by atoms with Crippen molar-refractivity contribution in [2.45, 2.75) is 33.2 Å². The molecule has 0 radical (unpaired) electrons. The van der Waals surface area contributed by atoms with Gasteiger partial charge in [-0.05, 0) is 33.2 Å². The van der Waals surface area contributed by atoms with Gasteiger partial charge in [0.1, 0.15) is 0 Å². The van der Waals surface area contributed by atoms with Gasteiger partial charge >= 0.3 is 0 Å². The summed E-state index contributed by atoms with van der Waals surface area (Å²) in [5.74, 6) is 0. The quantitative estimate of drug-likeness (QED) is 0.744. The van der Waals surface area contributed by atoms with Crippen LogP contribution in [0.1, 0.15) is 32.3 Å². The van der Waals surface area contributed by atoms with Gasteiger partial charge in [0.15, 0.2) is 0 Å². The predicted octanol–water partition coefficient (Wildman–Crippen LogP) is 1.84. The van der Waals surface area contributed by atoms with Gasteiger partial charge in [-0.3, -0.25) is 4.68 Å². The van der Waals surface area contributed by atoms with Crippen LogP contribution in [-0.2, 0) is 13.6 Å². The predicted molar refractivity (Wildman–Crippen MR) is 63.5 cm³/mol. The average Bonchev–Trinajstić information content (AvgIpc) is 2.64. The molecule has 0 aliphatic rings. The molecular weight excluding hydrogens is 200 g/mol. The minimum Gasteiger partial charge on any atom is -0.313 e. The van der Waals surface area contributed by atoms with Gasteiger partial charge in [-0.2, -0.15) is 10.4 Å². The van der Waals surface area contributed by atoms with E-state index in [1.165, 1.54) is 5.56 Å². The maximum absolute atomic E-state index is 8.85. The van der Waals surface area contributed by atoms with Crippen molar-refractivity contribution in [1.82, 2.24) is 15.1 Å². The van der Waals surface area contributed by atoms with Gasteiger partial charge in [-0.1, -0.05) is 0 Å². The van der Waals surface area contributed by atoms with Crippen molar-refractivity contribution in [2.24, 2.45) is 12.5 Å². The Balaban J connectivity index is 2.11. The minimum absolute atomic E-state index is 0.198. The molecule has 0 fully saturated rings. The zero-order chi connectivity index (χ0) is 12.0. The average molecular weight is 220 g/mol. The molecule has 0 amide bonds. The summed E-state index contributed by atoms with van der Waals surface area (Å²) in [4.78, 5) is 0. The highest BCUT2D eigenvalue weighted by Crippen LogP contribution is 2.19. The Labute approximate surface area is 97.3 Å². The smallest absolute Gasteiger partial charge is 0.0683 e. The number of nitrogens with one attached hydrogen (secondary N) is 1. The number of nitrogens with zero attached hydrogens (tertiary/aromatic N) is 3. The van der Waals surface area contributed by atoms with E-state index >= 15 is 0 Å². The van der Waals surface area contributed by atoms with E-state index in [0.29, 0.717) is 0 Å². The van der Waals surface area contributed by atoms with E-state index in [1.807, 2.05) is 33.3 Å². The summed E-state index contributed by atoms with van der Waals surface area (Å²) in [5.41, 5.74) is 0.998. The molecule has 0 bridgehead atoms. The highest BCUT2D eigenvalue weighted by atomic mass is 15.2. The molecule has 0 saturated carbocycles. The summed E-state index contributed by atoms with van der Waals surface area (Å²) in [5, 5.41) is 16.3. The van der Waals surface area contributed by atoms with E-state index in [0.717, 1.165) is 25.9 Å². The first-order valence-corrected chi connectivity index (χ1v) is 5.63. The maximum Gasteiger partial charge on any atom is 0.0683 e. The molecule has 1 aromatic heterocycles. The SMILES string of the molecule is Cn1cc(CNCCCC(C)(C)C#N)cn1. The van der Waals surface area contributed by atoms with E-state index in [4.69, 9.17) is 5.26 Å². The zero-order valence-electron chi connectivity index (χ0n) is 10.3. The van der Waals surface area contributed by atoms with Crippen molar-refractivity contribution >= 4 is 0 Å². The number of nitriles is 1. The second-order valence-electron chi connectivity index (χ2n) is 4.80. The van der Waals surface area contributed by atoms with Crippen LogP contribution in [0.2, 0.25) is 0 Å². The standard InChI is InChI=1S/C12H20N4/c1-12(2,10-13)5-4-6-14-7-11-8-15-16(3)9-11/h8-9,14H,4-7H2,1-3H3. The van der Waals surface area contributed by atoms with Crippen LogP contribution >= 0.6 is 0 Å². The third-order valence-corrected chi connectivity index (χ3v) is 2.55. The second-order valence-corrected chi connectivity index (χ2v) is 4.80. The van der Waals surface area contributed by atoms with Gasteiger partial charge in [0.05, 0.1) is 17.7 Å². The third kappa shape index (κ3) is 4.45. The first-order chi connectivity index (χ1) is 7.53. The molecule has 88 valence electrons. The lowest BCUT2D eigenvalue weighted by Crippen LogP contribution is -2.17. The van der Waals surface area contributed by atoms with Crippen LogP contribution in [0.15, 0.2) is 12.4 Å². The summed E-state index contributed by atoms with van der Waals surface area (Å²) >= 11 is 0. The molecule has 16 heavy (non-hydrogen) atoms. The molecule has 0 unspecified atom stereocenters. The molecule has 1 aromatic rings. The first-order valence-electron chi connectivity index (χ1n) is 5.63. The van der Waals surface area contributed by atoms with Crippen molar-refractivity contribution in [1.29, 1.82) is 5.26 Å². The molecule has 1 N–H and O–H groups in total. The zero-order valence-corrected chi connectivity index (χ0v) is 10.3. The summed E-state index contributed by atoms with van der Waals surface area (Å²) in [6, 6.07) is 2.31. The molecule has 4 nitrogen and oxygen atoms in total. The number of hydrogen-bond donors (Lipinski definition) is 1. The summed E-state index contributed by atoms with van der Waals surface area (Å²) in [6.07, 6.45) is 5.84. The molecular formula is C12H20N4. The normalized spacial score (nSPS) is 11.4. The lowest BCUT2D eigenvalue weighted by Gasteiger charge is -2.14. The van der Waals surface area contributed by atoms with Crippen molar-refractivity contribution in [2.75, 3.05) is 6.54 Å². The summed E-state index contributed by atoms with van der Waals surface area (Å²) in [6.45, 7) is 5.75. The van der Waals surface area contributed by atoms with Gasteiger partial charge in [0.25, 0.3) is 0 Å². The molecule has 0 aromatic carbocycles. The van der Waals surface area contributed by atoms with Gasteiger partial charge < -0.3 is 5.32 Å². The van der Waals surface area contributed by atoms with Gasteiger partial charge in [0.2, 0.25) is 0 Å². The molecule has 1 heterocycles. The Morgan fingerprint density at radius 3 is 2.88 bits per heavy atom. The van der Waals surface area contributed by atoms with Crippen molar-refractivity contribution in [3.05, 3.63) is 18.0 Å². The maximum atomic E-state index is 8.85. The Hall–Kier alpha value is -1.34. The van der Waals surface area contributed by atoms with Crippen molar-refractivity contribution in [3.8, 4) is 6.07 Å². The molecule has 0 atom stereocenters. The van der Waals surface area contributed by atoms with Crippen LogP contribution in [-0.4, -0.2) is 16.3 Å². The van der Waals surface area contributed by atoms with Gasteiger partial charge in [-0.25, -0.2) is 0 Å². The van der Waals surface area contributed by atoms with E-state index in [1.54, 1.807) is 4.68 Å². The van der Waals surface area contributed by atoms with E-state index < -0.39 is 0 Å². The fourth-order valence-corrected chi connectivity index (χ4v) is 1.51. The van der Waals surface area contributed by atoms with E-state index in [-0.39, 0.29) is 5.41 Å². The Morgan fingerprint density at radius 1 is 1.56 bits per heavy atom. The second kappa shape index (κ2) is 5.66. The van der Waals surface area contributed by atoms with Gasteiger partial charge in [-0.15, -0.1) is 0 Å². The van der Waals surface area contributed by atoms with Crippen molar-refractivity contribution in [3.63, 3.8) is 0 Å². The highest BCUT2D eigenvalue weighted by molar-refractivity contribution is 5.02. The molecule has 0 aliphatic heterocycles. The first kappa shape index (κ1) is 12.7. The van der Waals surface area contributed by atoms with E-state index in [2.05, 4.69) is 16.5 Å². The number of aromatic nitrogens is 2. The lowest BCUT2D eigenvalue weighted by molar-refractivity contribution is 0.426. The topological polar surface area (TPSA) is 53.6 Å². The fraction of sp³-hybridized carbons (Fsp3) is 0.667. The molecule has 0 saturated heterocycles. The van der Waals surface area contributed by atoms with Crippen molar-refractivity contribution < 1.29 is 0 Å². The number of aryl methyl sites for hydroxylation is 1. The largest absolute Gasteiger partial charge is 0.313 e. The van der Waals surface area contributed by atoms with Crippen LogP contribution in [0, 0.1) is 16.7 Å². The molecule has 0 spiro atoms. The Kier molecular flexibility index (Phi) is 4.51. The van der Waals surface area contributed by atoms with Crippen LogP contribution in [0.4, 0.5) is 0 Å². The van der Waals surface area contributed by atoms with Gasteiger partial charge in [0, 0.05) is 25.4 Å².